The zero-order chi connectivity index (χ0) is 14.7. The number of rotatable bonds is 4. The monoisotopic (exact) mass is 326 g/mol. The minimum atomic E-state index is -0.600. The fourth-order valence-electron chi connectivity index (χ4n) is 5.01. The highest BCUT2D eigenvalue weighted by Gasteiger charge is 2.64. The number of carboxylic acid groups (broad SMARTS) is 1. The van der Waals surface area contributed by atoms with Crippen molar-refractivity contribution in [1.29, 1.82) is 0 Å². The SMILES string of the molecule is O=C(O)C1CC2(C1)CC1(CC(NCc3ncc(Cl)s3)C1)C2. The molecule has 2 N–H and O–H groups in total. The lowest BCUT2D eigenvalue weighted by molar-refractivity contribution is -0.187. The van der Waals surface area contributed by atoms with Crippen LogP contribution in [0.5, 0.6) is 0 Å². The third kappa shape index (κ3) is 2.39. The molecule has 0 aromatic carbocycles. The summed E-state index contributed by atoms with van der Waals surface area (Å²) < 4.78 is 0.746. The lowest BCUT2D eigenvalue weighted by Gasteiger charge is -2.68. The number of thiazole rings is 1. The van der Waals surface area contributed by atoms with Gasteiger partial charge in [0.25, 0.3) is 0 Å². The van der Waals surface area contributed by atoms with Gasteiger partial charge >= 0.3 is 5.97 Å². The van der Waals surface area contributed by atoms with Crippen LogP contribution in [0.15, 0.2) is 6.20 Å². The predicted molar refractivity (Wildman–Crippen MR) is 81.4 cm³/mol. The Morgan fingerprint density at radius 2 is 2.05 bits per heavy atom. The summed E-state index contributed by atoms with van der Waals surface area (Å²) in [6, 6.07) is 0.598. The number of carboxylic acids is 1. The molecule has 0 unspecified atom stereocenters. The number of aromatic nitrogens is 1. The van der Waals surface area contributed by atoms with Crippen molar-refractivity contribution in [2.45, 2.75) is 51.1 Å². The number of halogens is 1. The highest BCUT2D eigenvalue weighted by molar-refractivity contribution is 7.15. The largest absolute Gasteiger partial charge is 0.481 e. The maximum absolute atomic E-state index is 10.9. The number of carbonyl (C=O) groups is 1. The van der Waals surface area contributed by atoms with Gasteiger partial charge in [-0.15, -0.1) is 11.3 Å². The van der Waals surface area contributed by atoms with E-state index in [0.717, 1.165) is 28.7 Å². The van der Waals surface area contributed by atoms with E-state index < -0.39 is 5.97 Å². The Morgan fingerprint density at radius 3 is 2.62 bits per heavy atom. The molecule has 3 aliphatic rings. The Labute approximate surface area is 132 Å². The molecule has 114 valence electrons. The van der Waals surface area contributed by atoms with E-state index in [1.165, 1.54) is 37.0 Å². The van der Waals surface area contributed by atoms with Gasteiger partial charge in [-0.25, -0.2) is 4.98 Å². The molecule has 4 rings (SSSR count). The maximum atomic E-state index is 10.9. The summed E-state index contributed by atoms with van der Waals surface area (Å²) in [5.41, 5.74) is 0.929. The van der Waals surface area contributed by atoms with Gasteiger partial charge in [0.1, 0.15) is 9.34 Å². The Bertz CT molecular complexity index is 566. The van der Waals surface area contributed by atoms with Crippen LogP contribution in [-0.2, 0) is 11.3 Å². The van der Waals surface area contributed by atoms with Crippen LogP contribution < -0.4 is 5.32 Å². The molecule has 0 saturated heterocycles. The lowest BCUT2D eigenvalue weighted by Crippen LogP contribution is -2.62. The molecule has 4 nitrogen and oxygen atoms in total. The first kappa shape index (κ1) is 14.0. The molecule has 3 fully saturated rings. The second kappa shape index (κ2) is 4.67. The van der Waals surface area contributed by atoms with Crippen LogP contribution in [0.2, 0.25) is 4.34 Å². The van der Waals surface area contributed by atoms with E-state index in [2.05, 4.69) is 10.3 Å². The van der Waals surface area contributed by atoms with Crippen molar-refractivity contribution in [2.75, 3.05) is 0 Å². The number of nitrogens with zero attached hydrogens (tertiary/aromatic N) is 1. The van der Waals surface area contributed by atoms with Crippen molar-refractivity contribution in [2.24, 2.45) is 16.7 Å². The van der Waals surface area contributed by atoms with Crippen molar-refractivity contribution < 1.29 is 9.90 Å². The average Bonchev–Trinajstić information content (AvgIpc) is 2.68. The van der Waals surface area contributed by atoms with Gasteiger partial charge in [0.05, 0.1) is 12.1 Å². The van der Waals surface area contributed by atoms with Gasteiger partial charge in [-0.3, -0.25) is 4.79 Å². The zero-order valence-electron chi connectivity index (χ0n) is 11.8. The topological polar surface area (TPSA) is 62.2 Å². The Morgan fingerprint density at radius 1 is 1.38 bits per heavy atom. The molecule has 0 bridgehead atoms. The molecule has 3 aliphatic carbocycles. The minimum Gasteiger partial charge on any atom is -0.481 e. The van der Waals surface area contributed by atoms with Crippen LogP contribution >= 0.6 is 22.9 Å². The number of hydrogen-bond acceptors (Lipinski definition) is 4. The van der Waals surface area contributed by atoms with Crippen LogP contribution in [0.3, 0.4) is 0 Å². The predicted octanol–water partition coefficient (Wildman–Crippen LogP) is 3.31. The number of nitrogens with one attached hydrogen (secondary N) is 1. The van der Waals surface area contributed by atoms with E-state index in [1.807, 2.05) is 0 Å². The van der Waals surface area contributed by atoms with Crippen LogP contribution in [0.1, 0.15) is 43.5 Å². The van der Waals surface area contributed by atoms with Gasteiger partial charge < -0.3 is 10.4 Å². The Kier molecular flexibility index (Phi) is 3.11. The molecular weight excluding hydrogens is 308 g/mol. The van der Waals surface area contributed by atoms with E-state index in [-0.39, 0.29) is 5.92 Å². The van der Waals surface area contributed by atoms with Crippen LogP contribution in [-0.4, -0.2) is 22.1 Å². The fourth-order valence-corrected chi connectivity index (χ4v) is 5.92. The third-order valence-electron chi connectivity index (χ3n) is 5.63. The van der Waals surface area contributed by atoms with Gasteiger partial charge in [-0.1, -0.05) is 11.6 Å². The molecule has 6 heteroatoms. The van der Waals surface area contributed by atoms with E-state index in [1.54, 1.807) is 6.20 Å². The summed E-state index contributed by atoms with van der Waals surface area (Å²) in [6.07, 6.45) is 8.53. The van der Waals surface area contributed by atoms with E-state index in [9.17, 15) is 4.79 Å². The van der Waals surface area contributed by atoms with Crippen LogP contribution in [0.25, 0.3) is 0 Å². The van der Waals surface area contributed by atoms with E-state index in [0.29, 0.717) is 16.9 Å². The summed E-state index contributed by atoms with van der Waals surface area (Å²) >= 11 is 7.41. The molecule has 0 atom stereocenters. The quantitative estimate of drug-likeness (QED) is 0.891. The summed E-state index contributed by atoms with van der Waals surface area (Å²) in [5, 5.41) is 13.6. The summed E-state index contributed by atoms with van der Waals surface area (Å²) in [5.74, 6) is -0.664. The minimum absolute atomic E-state index is 0.0639. The molecular formula is C15H19ClN2O2S. The second-order valence-electron chi connectivity index (χ2n) is 7.34. The molecule has 0 amide bonds. The molecule has 1 aromatic rings. The molecule has 1 aromatic heterocycles. The first-order valence-corrected chi connectivity index (χ1v) is 8.74. The summed E-state index contributed by atoms with van der Waals surface area (Å²) in [6.45, 7) is 0.810. The van der Waals surface area contributed by atoms with Gasteiger partial charge in [0.2, 0.25) is 0 Å². The van der Waals surface area contributed by atoms with E-state index >= 15 is 0 Å². The van der Waals surface area contributed by atoms with Gasteiger partial charge in [-0.05, 0) is 49.4 Å². The van der Waals surface area contributed by atoms with Crippen molar-refractivity contribution >= 4 is 28.9 Å². The van der Waals surface area contributed by atoms with Crippen LogP contribution in [0.4, 0.5) is 0 Å². The Balaban J connectivity index is 1.20. The second-order valence-corrected chi connectivity index (χ2v) is 9.09. The molecule has 1 heterocycles. The lowest BCUT2D eigenvalue weighted by atomic mass is 9.37. The molecule has 21 heavy (non-hydrogen) atoms. The summed E-state index contributed by atoms with van der Waals surface area (Å²) in [4.78, 5) is 15.2. The highest BCUT2D eigenvalue weighted by Crippen LogP contribution is 2.72. The average molecular weight is 327 g/mol. The molecule has 3 saturated carbocycles. The molecule has 2 spiro atoms. The molecule has 0 aliphatic heterocycles. The van der Waals surface area contributed by atoms with Crippen LogP contribution in [0, 0.1) is 16.7 Å². The van der Waals surface area contributed by atoms with E-state index in [4.69, 9.17) is 16.7 Å². The number of hydrogen-bond donors (Lipinski definition) is 2. The smallest absolute Gasteiger partial charge is 0.306 e. The first-order chi connectivity index (χ1) is 9.98. The summed E-state index contributed by atoms with van der Waals surface area (Å²) in [7, 11) is 0. The first-order valence-electron chi connectivity index (χ1n) is 7.54. The standard InChI is InChI=1S/C15H19ClN2O2S/c16-11-5-18-12(21-11)6-17-10-3-15(4-10)7-14(8-15)1-9(2-14)13(19)20/h5,9-10,17H,1-4,6-8H2,(H,19,20). The number of aliphatic carboxylic acids is 1. The maximum Gasteiger partial charge on any atom is 0.306 e. The van der Waals surface area contributed by atoms with Crippen molar-refractivity contribution in [3.8, 4) is 0 Å². The fraction of sp³-hybridized carbons (Fsp3) is 0.733. The normalized spacial score (nSPS) is 40.6. The third-order valence-corrected chi connectivity index (χ3v) is 6.75. The zero-order valence-corrected chi connectivity index (χ0v) is 13.3. The van der Waals surface area contributed by atoms with Gasteiger partial charge in [0, 0.05) is 12.6 Å². The van der Waals surface area contributed by atoms with Gasteiger partial charge in [-0.2, -0.15) is 0 Å². The van der Waals surface area contributed by atoms with Crippen molar-refractivity contribution in [3.63, 3.8) is 0 Å². The Hall–Kier alpha value is -0.650. The van der Waals surface area contributed by atoms with Crippen molar-refractivity contribution in [3.05, 3.63) is 15.5 Å². The van der Waals surface area contributed by atoms with Crippen molar-refractivity contribution in [1.82, 2.24) is 10.3 Å². The van der Waals surface area contributed by atoms with Gasteiger partial charge in [0.15, 0.2) is 0 Å². The highest BCUT2D eigenvalue weighted by atomic mass is 35.5. The molecule has 0 radical (unpaired) electrons.